The van der Waals surface area contributed by atoms with E-state index in [9.17, 15) is 4.79 Å². The molecule has 104 valence electrons. The molecule has 0 bridgehead atoms. The average molecular weight is 272 g/mol. The number of carboxylic acids is 1. The molecular formula is C15H16N2O3. The molecule has 5 heteroatoms. The highest BCUT2D eigenvalue weighted by molar-refractivity contribution is 5.70. The first kappa shape index (κ1) is 12.8. The zero-order valence-electron chi connectivity index (χ0n) is 11.0. The van der Waals surface area contributed by atoms with Crippen LogP contribution in [0.3, 0.4) is 0 Å². The van der Waals surface area contributed by atoms with Crippen molar-refractivity contribution in [2.45, 2.75) is 31.6 Å². The van der Waals surface area contributed by atoms with Gasteiger partial charge in [0, 0.05) is 11.5 Å². The highest BCUT2D eigenvalue weighted by Gasteiger charge is 2.29. The number of benzene rings is 1. The number of aromatic nitrogens is 2. The van der Waals surface area contributed by atoms with Crippen LogP contribution in [0, 0.1) is 5.92 Å². The lowest BCUT2D eigenvalue weighted by Gasteiger charge is -2.23. The summed E-state index contributed by atoms with van der Waals surface area (Å²) in [6, 6.07) is 9.65. The average Bonchev–Trinajstić information content (AvgIpc) is 2.98. The number of hydrogen-bond acceptors (Lipinski definition) is 4. The van der Waals surface area contributed by atoms with Gasteiger partial charge in [-0.3, -0.25) is 4.79 Å². The SMILES string of the molecule is O=C(O)[C@H]1CC[C@H](c2nnc(-c3ccccc3)o2)CC1. The van der Waals surface area contributed by atoms with E-state index in [2.05, 4.69) is 10.2 Å². The van der Waals surface area contributed by atoms with Crippen LogP contribution in [-0.4, -0.2) is 21.3 Å². The van der Waals surface area contributed by atoms with E-state index in [4.69, 9.17) is 9.52 Å². The van der Waals surface area contributed by atoms with E-state index in [0.29, 0.717) is 24.6 Å². The Morgan fingerprint density at radius 3 is 2.45 bits per heavy atom. The second kappa shape index (κ2) is 5.45. The Morgan fingerprint density at radius 1 is 1.10 bits per heavy atom. The molecule has 0 radical (unpaired) electrons. The summed E-state index contributed by atoms with van der Waals surface area (Å²) in [6.45, 7) is 0. The van der Waals surface area contributed by atoms with Gasteiger partial charge in [-0.05, 0) is 37.8 Å². The van der Waals surface area contributed by atoms with Gasteiger partial charge in [-0.2, -0.15) is 0 Å². The summed E-state index contributed by atoms with van der Waals surface area (Å²) in [4.78, 5) is 10.9. The van der Waals surface area contributed by atoms with E-state index in [1.165, 1.54) is 0 Å². The lowest BCUT2D eigenvalue weighted by Crippen LogP contribution is -2.20. The molecule has 0 spiro atoms. The second-order valence-corrected chi connectivity index (χ2v) is 5.20. The molecule has 0 atom stereocenters. The van der Waals surface area contributed by atoms with E-state index in [0.717, 1.165) is 18.4 Å². The minimum Gasteiger partial charge on any atom is -0.481 e. The Balaban J connectivity index is 1.71. The number of rotatable bonds is 3. The molecule has 0 aliphatic heterocycles. The van der Waals surface area contributed by atoms with E-state index < -0.39 is 5.97 Å². The molecule has 0 unspecified atom stereocenters. The molecule has 5 nitrogen and oxygen atoms in total. The van der Waals surface area contributed by atoms with Crippen LogP contribution in [0.15, 0.2) is 34.7 Å². The monoisotopic (exact) mass is 272 g/mol. The molecule has 0 saturated heterocycles. The fraction of sp³-hybridized carbons (Fsp3) is 0.400. The van der Waals surface area contributed by atoms with Gasteiger partial charge in [0.15, 0.2) is 0 Å². The first-order valence-corrected chi connectivity index (χ1v) is 6.85. The third-order valence-corrected chi connectivity index (χ3v) is 3.89. The largest absolute Gasteiger partial charge is 0.481 e. The number of aliphatic carboxylic acids is 1. The smallest absolute Gasteiger partial charge is 0.306 e. The van der Waals surface area contributed by atoms with E-state index >= 15 is 0 Å². The fourth-order valence-corrected chi connectivity index (χ4v) is 2.68. The second-order valence-electron chi connectivity index (χ2n) is 5.20. The maximum atomic E-state index is 10.9. The summed E-state index contributed by atoms with van der Waals surface area (Å²) >= 11 is 0. The third-order valence-electron chi connectivity index (χ3n) is 3.89. The Hall–Kier alpha value is -2.17. The van der Waals surface area contributed by atoms with Crippen molar-refractivity contribution in [3.05, 3.63) is 36.2 Å². The predicted molar refractivity (Wildman–Crippen MR) is 72.1 cm³/mol. The van der Waals surface area contributed by atoms with E-state index in [1.54, 1.807) is 0 Å². The molecule has 1 N–H and O–H groups in total. The standard InChI is InChI=1S/C15H16N2O3/c18-15(19)12-8-6-11(7-9-12)14-17-16-13(20-14)10-4-2-1-3-5-10/h1-5,11-12H,6-9H2,(H,18,19)/t11-,12-. The van der Waals surface area contributed by atoms with Gasteiger partial charge in [0.25, 0.3) is 0 Å². The number of hydrogen-bond donors (Lipinski definition) is 1. The highest BCUT2D eigenvalue weighted by Crippen LogP contribution is 2.36. The zero-order chi connectivity index (χ0) is 13.9. The molecule has 20 heavy (non-hydrogen) atoms. The van der Waals surface area contributed by atoms with Gasteiger partial charge in [-0.15, -0.1) is 10.2 Å². The van der Waals surface area contributed by atoms with Crippen molar-refractivity contribution in [2.75, 3.05) is 0 Å². The van der Waals surface area contributed by atoms with Gasteiger partial charge in [-0.1, -0.05) is 18.2 Å². The Kier molecular flexibility index (Phi) is 3.50. The fourth-order valence-electron chi connectivity index (χ4n) is 2.68. The van der Waals surface area contributed by atoms with E-state index in [-0.39, 0.29) is 11.8 Å². The Labute approximate surface area is 116 Å². The lowest BCUT2D eigenvalue weighted by atomic mass is 9.82. The number of nitrogens with zero attached hydrogens (tertiary/aromatic N) is 2. The summed E-state index contributed by atoms with van der Waals surface area (Å²) in [5.41, 5.74) is 0.908. The molecule has 1 aromatic heterocycles. The molecule has 0 amide bonds. The maximum Gasteiger partial charge on any atom is 0.306 e. The first-order chi connectivity index (χ1) is 9.74. The summed E-state index contributed by atoms with van der Waals surface area (Å²) in [5.74, 6) is 0.436. The third kappa shape index (κ3) is 2.57. The predicted octanol–water partition coefficient (Wildman–Crippen LogP) is 3.10. The molecule has 1 aliphatic carbocycles. The Bertz CT molecular complexity index is 586. The molecule has 1 saturated carbocycles. The molecule has 2 aromatic rings. The van der Waals surface area contributed by atoms with Crippen LogP contribution in [0.4, 0.5) is 0 Å². The summed E-state index contributed by atoms with van der Waals surface area (Å²) in [5, 5.41) is 17.2. The topological polar surface area (TPSA) is 76.2 Å². The lowest BCUT2D eigenvalue weighted by molar-refractivity contribution is -0.142. The van der Waals surface area contributed by atoms with Crippen LogP contribution in [-0.2, 0) is 4.79 Å². The number of carbonyl (C=O) groups is 1. The molecule has 1 fully saturated rings. The van der Waals surface area contributed by atoms with Crippen molar-refractivity contribution in [3.63, 3.8) is 0 Å². The van der Waals surface area contributed by atoms with Crippen molar-refractivity contribution in [1.29, 1.82) is 0 Å². The maximum absolute atomic E-state index is 10.9. The van der Waals surface area contributed by atoms with Crippen LogP contribution in [0.2, 0.25) is 0 Å². The molecule has 1 heterocycles. The van der Waals surface area contributed by atoms with Gasteiger partial charge in [0.2, 0.25) is 11.8 Å². The van der Waals surface area contributed by atoms with Crippen molar-refractivity contribution < 1.29 is 14.3 Å². The molecule has 1 aliphatic rings. The molecule has 3 rings (SSSR count). The van der Waals surface area contributed by atoms with Crippen LogP contribution in [0.1, 0.15) is 37.5 Å². The van der Waals surface area contributed by atoms with Gasteiger partial charge in [0.1, 0.15) is 0 Å². The van der Waals surface area contributed by atoms with Gasteiger partial charge < -0.3 is 9.52 Å². The minimum atomic E-state index is -0.695. The molecule has 1 aromatic carbocycles. The minimum absolute atomic E-state index is 0.190. The first-order valence-electron chi connectivity index (χ1n) is 6.85. The van der Waals surface area contributed by atoms with Gasteiger partial charge in [-0.25, -0.2) is 0 Å². The van der Waals surface area contributed by atoms with Crippen molar-refractivity contribution in [1.82, 2.24) is 10.2 Å². The normalized spacial score (nSPS) is 22.6. The highest BCUT2D eigenvalue weighted by atomic mass is 16.4. The van der Waals surface area contributed by atoms with E-state index in [1.807, 2.05) is 30.3 Å². The zero-order valence-corrected chi connectivity index (χ0v) is 11.0. The Morgan fingerprint density at radius 2 is 1.80 bits per heavy atom. The van der Waals surface area contributed by atoms with Gasteiger partial charge >= 0.3 is 5.97 Å². The van der Waals surface area contributed by atoms with Crippen molar-refractivity contribution in [2.24, 2.45) is 5.92 Å². The quantitative estimate of drug-likeness (QED) is 0.929. The molecular weight excluding hydrogens is 256 g/mol. The van der Waals surface area contributed by atoms with Gasteiger partial charge in [0.05, 0.1) is 5.92 Å². The van der Waals surface area contributed by atoms with Crippen LogP contribution in [0.5, 0.6) is 0 Å². The van der Waals surface area contributed by atoms with Crippen molar-refractivity contribution in [3.8, 4) is 11.5 Å². The van der Waals surface area contributed by atoms with Crippen molar-refractivity contribution >= 4 is 5.97 Å². The summed E-state index contributed by atoms with van der Waals surface area (Å²) in [6.07, 6.45) is 2.97. The number of carboxylic acid groups (broad SMARTS) is 1. The summed E-state index contributed by atoms with van der Waals surface area (Å²) in [7, 11) is 0. The van der Waals surface area contributed by atoms with Crippen LogP contribution >= 0.6 is 0 Å². The van der Waals surface area contributed by atoms with Crippen LogP contribution < -0.4 is 0 Å². The summed E-state index contributed by atoms with van der Waals surface area (Å²) < 4.78 is 5.74. The van der Waals surface area contributed by atoms with Crippen LogP contribution in [0.25, 0.3) is 11.5 Å².